The van der Waals surface area contributed by atoms with Crippen molar-refractivity contribution in [2.75, 3.05) is 0 Å². The summed E-state index contributed by atoms with van der Waals surface area (Å²) in [6, 6.07) is 12.5. The average molecular weight is 298 g/mol. The first-order valence-corrected chi connectivity index (χ1v) is 7.03. The van der Waals surface area contributed by atoms with Crippen LogP contribution in [0, 0.1) is 0 Å². The van der Waals surface area contributed by atoms with Crippen LogP contribution in [0.25, 0.3) is 21.8 Å². The molecule has 3 aromatic rings. The van der Waals surface area contributed by atoms with Gasteiger partial charge in [0.05, 0.1) is 5.52 Å². The number of carboxylic acids is 1. The maximum Gasteiger partial charge on any atom is 0.376 e. The monoisotopic (exact) mass is 298 g/mol. The number of hydrogen-bond acceptors (Lipinski definition) is 2. The van der Waals surface area contributed by atoms with Crippen LogP contribution in [-0.2, 0) is 4.79 Å². The number of hydrogen-bond donors (Lipinski definition) is 3. The zero-order valence-electron chi connectivity index (χ0n) is 12.0. The number of rotatable bonds is 4. The molecule has 6 nitrogen and oxygen atoms in total. The van der Waals surface area contributed by atoms with Crippen LogP contribution in [0.3, 0.4) is 0 Å². The number of benzene rings is 2. The van der Waals surface area contributed by atoms with Gasteiger partial charge in [-0.1, -0.05) is 25.1 Å². The Kier molecular flexibility index (Phi) is 3.50. The van der Waals surface area contributed by atoms with Crippen molar-refractivity contribution >= 4 is 33.5 Å². The Labute approximate surface area is 126 Å². The number of H-pyrrole nitrogens is 1. The quantitative estimate of drug-likeness (QED) is 0.390. The van der Waals surface area contributed by atoms with Crippen LogP contribution in [0.1, 0.15) is 13.3 Å². The lowest BCUT2D eigenvalue weighted by molar-refractivity contribution is -0.565. The van der Waals surface area contributed by atoms with Gasteiger partial charge < -0.3 is 15.3 Å². The third-order valence-corrected chi connectivity index (χ3v) is 3.82. The molecular formula is C16H16N3O3+. The van der Waals surface area contributed by atoms with Gasteiger partial charge in [0, 0.05) is 34.8 Å². The lowest BCUT2D eigenvalue weighted by Gasteiger charge is -2.05. The fraction of sp³-hybridized carbons (Fsp3) is 0.188. The maximum absolute atomic E-state index is 11.3. The molecule has 3 rings (SSSR count). The van der Waals surface area contributed by atoms with E-state index in [4.69, 9.17) is 0 Å². The smallest absolute Gasteiger partial charge is 0.376 e. The molecule has 0 aliphatic heterocycles. The SMILES string of the molecule is CCC(C(=O)O)[N+](=NO)c1ccc2c(c1)[nH]c1ccccc12. The van der Waals surface area contributed by atoms with Gasteiger partial charge in [-0.2, -0.15) is 0 Å². The highest BCUT2D eigenvalue weighted by Gasteiger charge is 2.32. The van der Waals surface area contributed by atoms with Crippen LogP contribution in [-0.4, -0.2) is 32.0 Å². The highest BCUT2D eigenvalue weighted by atomic mass is 16.5. The number of carboxylic acid groups (broad SMARTS) is 1. The van der Waals surface area contributed by atoms with Crippen LogP contribution in [0.4, 0.5) is 5.69 Å². The van der Waals surface area contributed by atoms with Crippen LogP contribution in [0.15, 0.2) is 47.7 Å². The van der Waals surface area contributed by atoms with Crippen molar-refractivity contribution in [3.63, 3.8) is 0 Å². The highest BCUT2D eigenvalue weighted by molar-refractivity contribution is 6.07. The second kappa shape index (κ2) is 5.48. The number of nitrogens with zero attached hydrogens (tertiary/aromatic N) is 2. The number of carbonyl (C=O) groups is 1. The number of aromatic amines is 1. The van der Waals surface area contributed by atoms with E-state index in [2.05, 4.69) is 10.3 Å². The molecule has 2 aromatic carbocycles. The number of aliphatic carboxylic acids is 1. The molecular weight excluding hydrogens is 282 g/mol. The lowest BCUT2D eigenvalue weighted by atomic mass is 10.1. The lowest BCUT2D eigenvalue weighted by Crippen LogP contribution is -2.29. The zero-order valence-corrected chi connectivity index (χ0v) is 12.0. The molecule has 0 aliphatic rings. The average Bonchev–Trinajstić information content (AvgIpc) is 2.89. The summed E-state index contributed by atoms with van der Waals surface area (Å²) in [7, 11) is 0. The Balaban J connectivity index is 2.15. The van der Waals surface area contributed by atoms with Crippen molar-refractivity contribution in [2.45, 2.75) is 19.4 Å². The van der Waals surface area contributed by atoms with Crippen LogP contribution in [0.5, 0.6) is 0 Å². The minimum Gasteiger partial charge on any atom is -0.476 e. The predicted molar refractivity (Wildman–Crippen MR) is 81.7 cm³/mol. The second-order valence-corrected chi connectivity index (χ2v) is 5.10. The zero-order chi connectivity index (χ0) is 15.7. The van der Waals surface area contributed by atoms with Crippen LogP contribution >= 0.6 is 0 Å². The Morgan fingerprint density at radius 3 is 2.64 bits per heavy atom. The van der Waals surface area contributed by atoms with Crippen molar-refractivity contribution < 1.29 is 19.8 Å². The molecule has 0 fully saturated rings. The molecule has 6 heteroatoms. The Hall–Kier alpha value is -2.89. The van der Waals surface area contributed by atoms with Gasteiger partial charge in [-0.05, 0) is 16.8 Å². The normalized spacial score (nSPS) is 13.6. The molecule has 0 radical (unpaired) electrons. The fourth-order valence-electron chi connectivity index (χ4n) is 2.73. The molecule has 112 valence electrons. The van der Waals surface area contributed by atoms with Crippen molar-refractivity contribution in [1.82, 2.24) is 4.98 Å². The maximum atomic E-state index is 11.3. The Morgan fingerprint density at radius 2 is 1.95 bits per heavy atom. The van der Waals surface area contributed by atoms with E-state index in [1.165, 1.54) is 0 Å². The van der Waals surface area contributed by atoms with Crippen molar-refractivity contribution in [3.05, 3.63) is 42.5 Å². The summed E-state index contributed by atoms with van der Waals surface area (Å²) in [6.45, 7) is 1.73. The molecule has 22 heavy (non-hydrogen) atoms. The van der Waals surface area contributed by atoms with Gasteiger partial charge in [0.1, 0.15) is 0 Å². The minimum atomic E-state index is -1.03. The molecule has 1 atom stereocenters. The molecule has 0 aliphatic carbocycles. The van der Waals surface area contributed by atoms with E-state index in [1.54, 1.807) is 19.1 Å². The highest BCUT2D eigenvalue weighted by Crippen LogP contribution is 2.29. The summed E-state index contributed by atoms with van der Waals surface area (Å²) in [6.07, 6.45) is 0.324. The standard InChI is InChI=1S/C16H15N3O3/c1-2-15(16(20)21)19(18-22)10-7-8-12-11-5-3-4-6-13(11)17-14(12)9-10/h3-9,15,17H,2H2,1H3,(H,20,21)/p+1. The van der Waals surface area contributed by atoms with Gasteiger partial charge in [0.2, 0.25) is 5.69 Å². The topological polar surface area (TPSA) is 88.7 Å². The van der Waals surface area contributed by atoms with E-state index >= 15 is 0 Å². The van der Waals surface area contributed by atoms with E-state index in [0.717, 1.165) is 26.5 Å². The third kappa shape index (κ3) is 2.18. The number of aromatic nitrogens is 1. The third-order valence-electron chi connectivity index (χ3n) is 3.82. The fourth-order valence-corrected chi connectivity index (χ4v) is 2.73. The van der Waals surface area contributed by atoms with E-state index in [-0.39, 0.29) is 0 Å². The molecule has 1 unspecified atom stereocenters. The van der Waals surface area contributed by atoms with Gasteiger partial charge in [-0.15, -0.1) is 0 Å². The molecule has 0 saturated heterocycles. The summed E-state index contributed by atoms with van der Waals surface area (Å²) in [4.78, 5) is 14.6. The minimum absolute atomic E-state index is 0.324. The molecule has 3 N–H and O–H groups in total. The van der Waals surface area contributed by atoms with E-state index < -0.39 is 12.0 Å². The molecule has 0 saturated carbocycles. The summed E-state index contributed by atoms with van der Waals surface area (Å²) in [5.41, 5.74) is 2.40. The van der Waals surface area contributed by atoms with Gasteiger partial charge in [-0.3, -0.25) is 0 Å². The molecule has 1 heterocycles. The van der Waals surface area contributed by atoms with Gasteiger partial charge >= 0.3 is 5.97 Å². The first-order chi connectivity index (χ1) is 10.7. The van der Waals surface area contributed by atoms with E-state index in [0.29, 0.717) is 12.1 Å². The summed E-state index contributed by atoms with van der Waals surface area (Å²) in [5, 5.41) is 23.8. The first kappa shape index (κ1) is 14.1. The van der Waals surface area contributed by atoms with Gasteiger partial charge in [0.25, 0.3) is 6.04 Å². The van der Waals surface area contributed by atoms with E-state index in [1.807, 2.05) is 30.3 Å². The predicted octanol–water partition coefficient (Wildman–Crippen LogP) is 3.67. The summed E-state index contributed by atoms with van der Waals surface area (Å²) < 4.78 is 1.12. The number of para-hydroxylation sites is 1. The second-order valence-electron chi connectivity index (χ2n) is 5.10. The number of fused-ring (bicyclic) bond motifs is 3. The molecule has 0 amide bonds. The Bertz CT molecular complexity index is 883. The number of nitrogens with one attached hydrogen (secondary N) is 1. The summed E-state index contributed by atoms with van der Waals surface area (Å²) >= 11 is 0. The molecule has 0 bridgehead atoms. The van der Waals surface area contributed by atoms with E-state index in [9.17, 15) is 15.1 Å². The van der Waals surface area contributed by atoms with Crippen LogP contribution < -0.4 is 0 Å². The first-order valence-electron chi connectivity index (χ1n) is 7.03. The van der Waals surface area contributed by atoms with Gasteiger partial charge in [-0.25, -0.2) is 4.79 Å². The molecule has 0 spiro atoms. The molecule has 1 aromatic heterocycles. The summed E-state index contributed by atoms with van der Waals surface area (Å²) in [5.74, 6) is -1.03. The van der Waals surface area contributed by atoms with Gasteiger partial charge in [0.15, 0.2) is 5.28 Å². The van der Waals surface area contributed by atoms with Crippen molar-refractivity contribution in [2.24, 2.45) is 5.28 Å². The van der Waals surface area contributed by atoms with Crippen LogP contribution in [0.2, 0.25) is 0 Å². The largest absolute Gasteiger partial charge is 0.476 e. The van der Waals surface area contributed by atoms with Crippen molar-refractivity contribution in [1.29, 1.82) is 0 Å². The Morgan fingerprint density at radius 1 is 1.23 bits per heavy atom. The van der Waals surface area contributed by atoms with Crippen molar-refractivity contribution in [3.8, 4) is 0 Å².